The van der Waals surface area contributed by atoms with E-state index in [0.717, 1.165) is 37.1 Å². The number of hydrogen-bond donors (Lipinski definition) is 3. The molecule has 1 aliphatic heterocycles. The van der Waals surface area contributed by atoms with E-state index >= 15 is 0 Å². The fourth-order valence-electron chi connectivity index (χ4n) is 2.73. The smallest absolute Gasteiger partial charge is 0.237 e. The number of anilines is 1. The van der Waals surface area contributed by atoms with Crippen LogP contribution < -0.4 is 16.0 Å². The van der Waals surface area contributed by atoms with Gasteiger partial charge in [0.05, 0.1) is 6.04 Å². The van der Waals surface area contributed by atoms with Gasteiger partial charge in [0.15, 0.2) is 0 Å². The van der Waals surface area contributed by atoms with Crippen LogP contribution in [0.5, 0.6) is 0 Å². The van der Waals surface area contributed by atoms with Gasteiger partial charge in [-0.1, -0.05) is 32.4 Å². The van der Waals surface area contributed by atoms with Gasteiger partial charge >= 0.3 is 0 Å². The van der Waals surface area contributed by atoms with E-state index in [-0.39, 0.29) is 17.9 Å². The van der Waals surface area contributed by atoms with Gasteiger partial charge in [-0.05, 0) is 43.0 Å². The average molecular weight is 317 g/mol. The van der Waals surface area contributed by atoms with Gasteiger partial charge in [0, 0.05) is 18.7 Å². The summed E-state index contributed by atoms with van der Waals surface area (Å²) in [5.74, 6) is 0.409. The lowest BCUT2D eigenvalue weighted by Gasteiger charge is -2.22. The van der Waals surface area contributed by atoms with Crippen LogP contribution in [0, 0.1) is 5.92 Å². The molecule has 126 valence electrons. The Balaban J connectivity index is 1.84. The quantitative estimate of drug-likeness (QED) is 0.755. The van der Waals surface area contributed by atoms with Gasteiger partial charge in [-0.15, -0.1) is 0 Å². The molecule has 0 saturated carbocycles. The molecule has 1 aliphatic rings. The van der Waals surface area contributed by atoms with E-state index in [9.17, 15) is 9.59 Å². The molecule has 23 heavy (non-hydrogen) atoms. The number of carbonyl (C=O) groups excluding carboxylic acids is 2. The molecule has 5 heteroatoms. The summed E-state index contributed by atoms with van der Waals surface area (Å²) < 4.78 is 0. The van der Waals surface area contributed by atoms with Crippen molar-refractivity contribution in [1.29, 1.82) is 0 Å². The molecule has 1 aromatic rings. The first-order valence-corrected chi connectivity index (χ1v) is 8.44. The van der Waals surface area contributed by atoms with E-state index in [2.05, 4.69) is 16.0 Å². The number of hydrogen-bond acceptors (Lipinski definition) is 3. The highest BCUT2D eigenvalue weighted by Gasteiger charge is 2.19. The summed E-state index contributed by atoms with van der Waals surface area (Å²) in [7, 11) is 0. The summed E-state index contributed by atoms with van der Waals surface area (Å²) in [6.07, 6.45) is 3.65. The maximum Gasteiger partial charge on any atom is 0.237 e. The molecule has 2 rings (SSSR count). The molecular formula is C18H27N3O2. The highest BCUT2D eigenvalue weighted by molar-refractivity contribution is 5.90. The van der Waals surface area contributed by atoms with Crippen molar-refractivity contribution in [3.63, 3.8) is 0 Å². The molecule has 3 N–H and O–H groups in total. The van der Waals surface area contributed by atoms with Gasteiger partial charge in [-0.2, -0.15) is 0 Å². The van der Waals surface area contributed by atoms with Crippen molar-refractivity contribution in [3.05, 3.63) is 29.8 Å². The lowest BCUT2D eigenvalue weighted by atomic mass is 10.0. The van der Waals surface area contributed by atoms with Crippen molar-refractivity contribution in [3.8, 4) is 0 Å². The third-order valence-electron chi connectivity index (χ3n) is 3.90. The zero-order chi connectivity index (χ0) is 16.7. The Morgan fingerprint density at radius 1 is 1.30 bits per heavy atom. The fourth-order valence-corrected chi connectivity index (χ4v) is 2.73. The molecule has 0 radical (unpaired) electrons. The predicted octanol–water partition coefficient (Wildman–Crippen LogP) is 2.43. The second-order valence-corrected chi connectivity index (χ2v) is 6.57. The lowest BCUT2D eigenvalue weighted by molar-refractivity contribution is -0.123. The maximum absolute atomic E-state index is 12.1. The van der Waals surface area contributed by atoms with Crippen LogP contribution in [0.25, 0.3) is 0 Å². The third-order valence-corrected chi connectivity index (χ3v) is 3.90. The SMILES string of the molecule is CC(C)CC(=O)Nc1cccc(CNC(=O)C2CCCCN2)c1. The molecule has 1 fully saturated rings. The fraction of sp³-hybridized carbons (Fsp3) is 0.556. The molecule has 1 unspecified atom stereocenters. The first-order valence-electron chi connectivity index (χ1n) is 8.44. The predicted molar refractivity (Wildman–Crippen MR) is 92.0 cm³/mol. The van der Waals surface area contributed by atoms with Gasteiger partial charge in [-0.25, -0.2) is 0 Å². The van der Waals surface area contributed by atoms with Gasteiger partial charge < -0.3 is 16.0 Å². The second-order valence-electron chi connectivity index (χ2n) is 6.57. The summed E-state index contributed by atoms with van der Waals surface area (Å²) in [5, 5.41) is 9.11. The molecule has 0 aromatic heterocycles. The van der Waals surface area contributed by atoms with Crippen LogP contribution in [-0.4, -0.2) is 24.4 Å². The van der Waals surface area contributed by atoms with Crippen LogP contribution in [0.4, 0.5) is 5.69 Å². The van der Waals surface area contributed by atoms with Crippen molar-refractivity contribution in [1.82, 2.24) is 10.6 Å². The van der Waals surface area contributed by atoms with E-state index in [1.807, 2.05) is 38.1 Å². The first-order chi connectivity index (χ1) is 11.0. The van der Waals surface area contributed by atoms with Crippen molar-refractivity contribution in [2.45, 2.75) is 52.1 Å². The first kappa shape index (κ1) is 17.5. The van der Waals surface area contributed by atoms with E-state index < -0.39 is 0 Å². The standard InChI is InChI=1S/C18H27N3O2/c1-13(2)10-17(22)21-15-7-5-6-14(11-15)12-20-18(23)16-8-3-4-9-19-16/h5-7,11,13,16,19H,3-4,8-10,12H2,1-2H3,(H,20,23)(H,21,22). The normalized spacial score (nSPS) is 17.8. The highest BCUT2D eigenvalue weighted by Crippen LogP contribution is 2.13. The molecule has 0 aliphatic carbocycles. The Kier molecular flexibility index (Phi) is 6.59. The summed E-state index contributed by atoms with van der Waals surface area (Å²) in [5.41, 5.74) is 1.76. The van der Waals surface area contributed by atoms with Gasteiger partial charge in [0.1, 0.15) is 0 Å². The summed E-state index contributed by atoms with van der Waals surface area (Å²) in [6, 6.07) is 7.55. The van der Waals surface area contributed by atoms with E-state index in [1.165, 1.54) is 0 Å². The monoisotopic (exact) mass is 317 g/mol. The molecule has 1 aromatic carbocycles. The molecule has 0 bridgehead atoms. The molecule has 1 atom stereocenters. The van der Waals surface area contributed by atoms with Gasteiger partial charge in [0.25, 0.3) is 0 Å². The number of rotatable bonds is 6. The minimum absolute atomic E-state index is 0.0209. The van der Waals surface area contributed by atoms with Crippen LogP contribution in [0.2, 0.25) is 0 Å². The lowest BCUT2D eigenvalue weighted by Crippen LogP contribution is -2.46. The Bertz CT molecular complexity index is 537. The van der Waals surface area contributed by atoms with Crippen LogP contribution in [0.1, 0.15) is 45.1 Å². The Morgan fingerprint density at radius 3 is 2.83 bits per heavy atom. The minimum Gasteiger partial charge on any atom is -0.351 e. The zero-order valence-electron chi connectivity index (χ0n) is 14.0. The number of benzene rings is 1. The Hall–Kier alpha value is -1.88. The van der Waals surface area contributed by atoms with Gasteiger partial charge in [0.2, 0.25) is 11.8 Å². The number of nitrogens with one attached hydrogen (secondary N) is 3. The molecular weight excluding hydrogens is 290 g/mol. The van der Waals surface area contributed by atoms with Crippen LogP contribution in [0.15, 0.2) is 24.3 Å². The zero-order valence-corrected chi connectivity index (χ0v) is 14.0. The third kappa shape index (κ3) is 6.02. The summed E-state index contributed by atoms with van der Waals surface area (Å²) >= 11 is 0. The van der Waals surface area contributed by atoms with Crippen LogP contribution in [-0.2, 0) is 16.1 Å². The number of piperidine rings is 1. The molecule has 1 saturated heterocycles. The molecule has 0 spiro atoms. The van der Waals surface area contributed by atoms with Crippen molar-refractivity contribution >= 4 is 17.5 Å². The number of amides is 2. The second kappa shape index (κ2) is 8.67. The maximum atomic E-state index is 12.1. The highest BCUT2D eigenvalue weighted by atomic mass is 16.2. The van der Waals surface area contributed by atoms with Crippen LogP contribution in [0.3, 0.4) is 0 Å². The number of carbonyl (C=O) groups is 2. The summed E-state index contributed by atoms with van der Waals surface area (Å²) in [4.78, 5) is 23.9. The summed E-state index contributed by atoms with van der Waals surface area (Å²) in [6.45, 7) is 5.43. The van der Waals surface area contributed by atoms with Crippen molar-refractivity contribution < 1.29 is 9.59 Å². The van der Waals surface area contributed by atoms with Crippen molar-refractivity contribution in [2.24, 2.45) is 5.92 Å². The van der Waals surface area contributed by atoms with E-state index in [0.29, 0.717) is 18.9 Å². The molecule has 1 heterocycles. The van der Waals surface area contributed by atoms with E-state index in [4.69, 9.17) is 0 Å². The largest absolute Gasteiger partial charge is 0.351 e. The Morgan fingerprint density at radius 2 is 2.13 bits per heavy atom. The molecule has 2 amide bonds. The topological polar surface area (TPSA) is 70.2 Å². The van der Waals surface area contributed by atoms with Gasteiger partial charge in [-0.3, -0.25) is 9.59 Å². The van der Waals surface area contributed by atoms with E-state index in [1.54, 1.807) is 0 Å². The molecule has 5 nitrogen and oxygen atoms in total. The average Bonchev–Trinajstić information content (AvgIpc) is 2.53. The Labute approximate surface area is 138 Å². The van der Waals surface area contributed by atoms with Crippen LogP contribution >= 0.6 is 0 Å². The minimum atomic E-state index is -0.0716. The van der Waals surface area contributed by atoms with Crippen molar-refractivity contribution in [2.75, 3.05) is 11.9 Å².